The molecule has 4 rings (SSSR count). The Morgan fingerprint density at radius 3 is 2.63 bits per heavy atom. The summed E-state index contributed by atoms with van der Waals surface area (Å²) >= 11 is 0. The van der Waals surface area contributed by atoms with Crippen LogP contribution in [0, 0.1) is 0 Å². The largest absolute Gasteiger partial charge is 0.495 e. The molecule has 1 atom stereocenters. The quantitative estimate of drug-likeness (QED) is 0.800. The average Bonchev–Trinajstić information content (AvgIpc) is 2.69. The van der Waals surface area contributed by atoms with Crippen molar-refractivity contribution in [3.63, 3.8) is 0 Å². The number of fused-ring (bicyclic) bond motifs is 1. The molecule has 2 aliphatic rings. The number of carbonyl (C=O) groups excluding carboxylic acids is 1. The van der Waals surface area contributed by atoms with Crippen LogP contribution in [0.3, 0.4) is 0 Å². The number of hydrogen-bond acceptors (Lipinski definition) is 3. The molecule has 2 amide bonds. The fraction of sp³-hybridized carbons (Fsp3) is 0.409. The summed E-state index contributed by atoms with van der Waals surface area (Å²) in [5.74, 6) is 1.54. The molecule has 1 saturated carbocycles. The van der Waals surface area contributed by atoms with Crippen LogP contribution < -0.4 is 20.1 Å². The predicted octanol–water partition coefficient (Wildman–Crippen LogP) is 5.04. The smallest absolute Gasteiger partial charge is 0.319 e. The van der Waals surface area contributed by atoms with Crippen molar-refractivity contribution in [3.8, 4) is 11.5 Å². The highest BCUT2D eigenvalue weighted by atomic mass is 16.5. The maximum Gasteiger partial charge on any atom is 0.319 e. The van der Waals surface area contributed by atoms with Gasteiger partial charge in [0.15, 0.2) is 0 Å². The lowest BCUT2D eigenvalue weighted by Gasteiger charge is -2.44. The predicted molar refractivity (Wildman–Crippen MR) is 105 cm³/mol. The Bertz CT molecular complexity index is 815. The number of hydrogen-bond donors (Lipinski definition) is 2. The molecule has 142 valence electrons. The van der Waals surface area contributed by atoms with Gasteiger partial charge < -0.3 is 20.1 Å². The lowest BCUT2D eigenvalue weighted by atomic mass is 9.77. The molecule has 1 aliphatic heterocycles. The minimum atomic E-state index is -0.229. The lowest BCUT2D eigenvalue weighted by molar-refractivity contribution is -0.000996. The number of rotatable bonds is 3. The number of anilines is 1. The molecule has 1 unspecified atom stereocenters. The van der Waals surface area contributed by atoms with Gasteiger partial charge in [0.05, 0.1) is 18.8 Å². The van der Waals surface area contributed by atoms with Gasteiger partial charge in [-0.1, -0.05) is 36.8 Å². The normalized spacial score (nSPS) is 20.3. The highest BCUT2D eigenvalue weighted by Crippen LogP contribution is 2.46. The molecule has 2 aromatic carbocycles. The maximum absolute atomic E-state index is 12.7. The van der Waals surface area contributed by atoms with Crippen LogP contribution >= 0.6 is 0 Å². The van der Waals surface area contributed by atoms with Crippen LogP contribution in [0.2, 0.25) is 0 Å². The van der Waals surface area contributed by atoms with Gasteiger partial charge >= 0.3 is 6.03 Å². The number of carbonyl (C=O) groups is 1. The van der Waals surface area contributed by atoms with E-state index in [1.807, 2.05) is 48.5 Å². The molecule has 5 heteroatoms. The van der Waals surface area contributed by atoms with E-state index in [0.717, 1.165) is 30.6 Å². The molecule has 0 radical (unpaired) electrons. The molecule has 0 aromatic heterocycles. The summed E-state index contributed by atoms with van der Waals surface area (Å²) in [6.07, 6.45) is 6.54. The molecule has 0 bridgehead atoms. The molecule has 0 saturated heterocycles. The number of amides is 2. The van der Waals surface area contributed by atoms with E-state index in [9.17, 15) is 4.79 Å². The van der Waals surface area contributed by atoms with Crippen LogP contribution in [0.4, 0.5) is 10.5 Å². The number of ether oxygens (including phenoxy) is 2. The van der Waals surface area contributed by atoms with E-state index < -0.39 is 0 Å². The van der Waals surface area contributed by atoms with E-state index in [4.69, 9.17) is 9.47 Å². The molecule has 5 nitrogen and oxygen atoms in total. The maximum atomic E-state index is 12.7. The number of para-hydroxylation sites is 3. The fourth-order valence-corrected chi connectivity index (χ4v) is 4.31. The summed E-state index contributed by atoms with van der Waals surface area (Å²) in [6, 6.07) is 15.2. The van der Waals surface area contributed by atoms with E-state index in [1.165, 1.54) is 19.3 Å². The monoisotopic (exact) mass is 366 g/mol. The molecular formula is C22H26N2O3. The number of urea groups is 1. The summed E-state index contributed by atoms with van der Waals surface area (Å²) in [7, 11) is 1.60. The number of methoxy groups -OCH3 is 1. The van der Waals surface area contributed by atoms with Crippen molar-refractivity contribution in [2.75, 3.05) is 12.4 Å². The molecule has 2 aromatic rings. The van der Waals surface area contributed by atoms with E-state index in [2.05, 4.69) is 10.6 Å². The zero-order chi connectivity index (χ0) is 18.7. The van der Waals surface area contributed by atoms with E-state index in [-0.39, 0.29) is 17.7 Å². The molecular weight excluding hydrogens is 340 g/mol. The number of nitrogens with one attached hydrogen (secondary N) is 2. The Morgan fingerprint density at radius 2 is 1.81 bits per heavy atom. The van der Waals surface area contributed by atoms with Crippen molar-refractivity contribution >= 4 is 11.7 Å². The molecule has 27 heavy (non-hydrogen) atoms. The fourth-order valence-electron chi connectivity index (χ4n) is 4.31. The summed E-state index contributed by atoms with van der Waals surface area (Å²) in [4.78, 5) is 12.7. The van der Waals surface area contributed by atoms with Gasteiger partial charge in [0.2, 0.25) is 0 Å². The molecule has 1 heterocycles. The van der Waals surface area contributed by atoms with Crippen molar-refractivity contribution in [3.05, 3.63) is 54.1 Å². The van der Waals surface area contributed by atoms with Crippen LogP contribution in [-0.4, -0.2) is 18.7 Å². The lowest BCUT2D eigenvalue weighted by Crippen LogP contribution is -2.47. The van der Waals surface area contributed by atoms with Gasteiger partial charge in [-0.25, -0.2) is 4.79 Å². The highest BCUT2D eigenvalue weighted by Gasteiger charge is 2.42. The average molecular weight is 366 g/mol. The van der Waals surface area contributed by atoms with Crippen LogP contribution in [0.25, 0.3) is 0 Å². The Kier molecular flexibility index (Phi) is 4.92. The van der Waals surface area contributed by atoms with Gasteiger partial charge in [0.1, 0.15) is 17.1 Å². The first-order valence-electron chi connectivity index (χ1n) is 9.68. The first kappa shape index (κ1) is 17.7. The second-order valence-corrected chi connectivity index (χ2v) is 7.44. The Labute approximate surface area is 160 Å². The summed E-state index contributed by atoms with van der Waals surface area (Å²) < 4.78 is 11.8. The summed E-state index contributed by atoms with van der Waals surface area (Å²) in [6.45, 7) is 0. The molecule has 1 spiro atoms. The topological polar surface area (TPSA) is 59.6 Å². The third kappa shape index (κ3) is 3.72. The first-order chi connectivity index (χ1) is 13.2. The van der Waals surface area contributed by atoms with Crippen molar-refractivity contribution in [2.24, 2.45) is 0 Å². The van der Waals surface area contributed by atoms with Crippen LogP contribution in [0.15, 0.2) is 48.5 Å². The van der Waals surface area contributed by atoms with E-state index in [1.54, 1.807) is 7.11 Å². The zero-order valence-corrected chi connectivity index (χ0v) is 15.7. The van der Waals surface area contributed by atoms with Gasteiger partial charge in [-0.3, -0.25) is 0 Å². The van der Waals surface area contributed by atoms with Crippen LogP contribution in [0.1, 0.15) is 50.1 Å². The Morgan fingerprint density at radius 1 is 1.07 bits per heavy atom. The van der Waals surface area contributed by atoms with Crippen LogP contribution in [0.5, 0.6) is 11.5 Å². The second kappa shape index (κ2) is 7.51. The summed E-state index contributed by atoms with van der Waals surface area (Å²) in [5.41, 5.74) is 1.55. The standard InChI is InChI=1S/C22H26N2O3/c1-26-20-12-6-4-10-17(20)23-21(25)24-18-15-22(13-7-2-8-14-22)27-19-11-5-3-9-16(18)19/h3-6,9-12,18H,2,7-8,13-15H2,1H3,(H2,23,24,25). The first-order valence-corrected chi connectivity index (χ1v) is 9.68. The molecule has 2 N–H and O–H groups in total. The van der Waals surface area contributed by atoms with E-state index in [0.29, 0.717) is 11.4 Å². The highest BCUT2D eigenvalue weighted by molar-refractivity contribution is 5.91. The minimum absolute atomic E-state index is 0.0669. The SMILES string of the molecule is COc1ccccc1NC(=O)NC1CC2(CCCCC2)Oc2ccccc21. The van der Waals surface area contributed by atoms with Gasteiger partial charge in [0, 0.05) is 12.0 Å². The van der Waals surface area contributed by atoms with Gasteiger partial charge in [0.25, 0.3) is 0 Å². The zero-order valence-electron chi connectivity index (χ0n) is 15.7. The van der Waals surface area contributed by atoms with Crippen molar-refractivity contribution < 1.29 is 14.3 Å². The minimum Gasteiger partial charge on any atom is -0.495 e. The van der Waals surface area contributed by atoms with Gasteiger partial charge in [-0.2, -0.15) is 0 Å². The van der Waals surface area contributed by atoms with Crippen molar-refractivity contribution in [2.45, 2.75) is 50.2 Å². The van der Waals surface area contributed by atoms with Crippen molar-refractivity contribution in [1.82, 2.24) is 5.32 Å². The molecule has 1 aliphatic carbocycles. The third-order valence-corrected chi connectivity index (χ3v) is 5.62. The Hall–Kier alpha value is -2.69. The molecule has 1 fully saturated rings. The second-order valence-electron chi connectivity index (χ2n) is 7.44. The van der Waals surface area contributed by atoms with Gasteiger partial charge in [-0.05, 0) is 43.9 Å². The number of benzene rings is 2. The van der Waals surface area contributed by atoms with Gasteiger partial charge in [-0.15, -0.1) is 0 Å². The Balaban J connectivity index is 1.54. The summed E-state index contributed by atoms with van der Waals surface area (Å²) in [5, 5.41) is 6.08. The van der Waals surface area contributed by atoms with E-state index >= 15 is 0 Å². The van der Waals surface area contributed by atoms with Crippen molar-refractivity contribution in [1.29, 1.82) is 0 Å². The van der Waals surface area contributed by atoms with Crippen LogP contribution in [-0.2, 0) is 0 Å². The third-order valence-electron chi connectivity index (χ3n) is 5.62.